The third kappa shape index (κ3) is 1.91. The van der Waals surface area contributed by atoms with Gasteiger partial charge < -0.3 is 5.01 Å². The summed E-state index contributed by atoms with van der Waals surface area (Å²) < 4.78 is 0. The van der Waals surface area contributed by atoms with E-state index in [1.165, 1.54) is 12.8 Å². The van der Waals surface area contributed by atoms with Crippen LogP contribution in [0, 0.1) is 0 Å². The first-order chi connectivity index (χ1) is 4.30. The van der Waals surface area contributed by atoms with Crippen LogP contribution in [-0.2, 0) is 0 Å². The molecule has 1 N–H and O–H groups in total. The van der Waals surface area contributed by atoms with E-state index in [0.717, 1.165) is 18.1 Å². The predicted molar refractivity (Wildman–Crippen MR) is 42.2 cm³/mol. The molecule has 3 heteroatoms. The molecule has 1 aliphatic heterocycles. The zero-order chi connectivity index (χ0) is 6.69. The molecule has 0 atom stereocenters. The molecular formula is C6H12N2S. The Morgan fingerprint density at radius 3 is 2.67 bits per heavy atom. The van der Waals surface area contributed by atoms with E-state index in [1.807, 2.05) is 11.9 Å². The van der Waals surface area contributed by atoms with Crippen LogP contribution >= 0.6 is 12.2 Å². The van der Waals surface area contributed by atoms with Crippen LogP contribution in [0.2, 0.25) is 0 Å². The van der Waals surface area contributed by atoms with Crippen LogP contribution < -0.4 is 5.43 Å². The lowest BCUT2D eigenvalue weighted by Crippen LogP contribution is -2.45. The number of hydrogen-bond acceptors (Lipinski definition) is 2. The fourth-order valence-corrected chi connectivity index (χ4v) is 1.11. The van der Waals surface area contributed by atoms with Crippen LogP contribution in [0.15, 0.2) is 0 Å². The maximum Gasteiger partial charge on any atom is 0.0890 e. The smallest absolute Gasteiger partial charge is 0.0890 e. The highest BCUT2D eigenvalue weighted by Gasteiger charge is 2.07. The van der Waals surface area contributed by atoms with Crippen molar-refractivity contribution in [1.82, 2.24) is 10.4 Å². The summed E-state index contributed by atoms with van der Waals surface area (Å²) in [5, 5.41) is 2.04. The lowest BCUT2D eigenvalue weighted by molar-refractivity contribution is 0.260. The van der Waals surface area contributed by atoms with E-state index >= 15 is 0 Å². The van der Waals surface area contributed by atoms with E-state index < -0.39 is 0 Å². The molecule has 0 radical (unpaired) electrons. The van der Waals surface area contributed by atoms with Crippen molar-refractivity contribution in [2.24, 2.45) is 0 Å². The molecule has 0 aromatic rings. The van der Waals surface area contributed by atoms with Gasteiger partial charge in [-0.15, -0.1) is 0 Å². The summed E-state index contributed by atoms with van der Waals surface area (Å²) in [6.07, 6.45) is 2.54. The highest BCUT2D eigenvalue weighted by molar-refractivity contribution is 7.80. The highest BCUT2D eigenvalue weighted by atomic mass is 32.1. The Balaban J connectivity index is 2.31. The summed E-state index contributed by atoms with van der Waals surface area (Å²) in [7, 11) is 0. The molecule has 1 aliphatic rings. The first-order valence-corrected chi connectivity index (χ1v) is 3.73. The molecule has 9 heavy (non-hydrogen) atoms. The summed E-state index contributed by atoms with van der Waals surface area (Å²) in [5.74, 6) is 0. The van der Waals surface area contributed by atoms with Crippen molar-refractivity contribution < 1.29 is 0 Å². The molecule has 0 amide bonds. The van der Waals surface area contributed by atoms with Crippen LogP contribution in [0.25, 0.3) is 0 Å². The molecule has 0 spiro atoms. The van der Waals surface area contributed by atoms with Crippen LogP contribution in [0.1, 0.15) is 19.8 Å². The second-order valence-electron chi connectivity index (χ2n) is 2.29. The standard InChI is InChI=1S/C6H12N2S/c1-6(9)8-5-3-2-4-7-8/h7H,2-5H2,1H3. The van der Waals surface area contributed by atoms with E-state index in [1.54, 1.807) is 0 Å². The fraction of sp³-hybridized carbons (Fsp3) is 0.833. The average Bonchev–Trinajstić information content (AvgIpc) is 1.90. The summed E-state index contributed by atoms with van der Waals surface area (Å²) in [6.45, 7) is 4.11. The number of rotatable bonds is 0. The van der Waals surface area contributed by atoms with Crippen molar-refractivity contribution in [1.29, 1.82) is 0 Å². The number of nitrogens with one attached hydrogen (secondary N) is 1. The van der Waals surface area contributed by atoms with E-state index in [2.05, 4.69) is 5.43 Å². The predicted octanol–water partition coefficient (Wildman–Crippen LogP) is 0.934. The van der Waals surface area contributed by atoms with Crippen LogP contribution in [0.3, 0.4) is 0 Å². The molecule has 1 fully saturated rings. The third-order valence-electron chi connectivity index (χ3n) is 1.49. The molecule has 1 heterocycles. The van der Waals surface area contributed by atoms with Crippen LogP contribution in [0.5, 0.6) is 0 Å². The van der Waals surface area contributed by atoms with Gasteiger partial charge in [0, 0.05) is 13.1 Å². The van der Waals surface area contributed by atoms with Gasteiger partial charge in [-0.05, 0) is 19.8 Å². The quantitative estimate of drug-likeness (QED) is 0.509. The van der Waals surface area contributed by atoms with E-state index in [-0.39, 0.29) is 0 Å². The van der Waals surface area contributed by atoms with Crippen LogP contribution in [-0.4, -0.2) is 23.1 Å². The molecule has 1 rings (SSSR count). The first-order valence-electron chi connectivity index (χ1n) is 3.32. The Morgan fingerprint density at radius 1 is 1.56 bits per heavy atom. The third-order valence-corrected chi connectivity index (χ3v) is 1.71. The van der Waals surface area contributed by atoms with E-state index in [4.69, 9.17) is 12.2 Å². The Labute approximate surface area is 61.2 Å². The fourth-order valence-electron chi connectivity index (χ4n) is 0.957. The molecule has 0 bridgehead atoms. The van der Waals surface area contributed by atoms with Crippen molar-refractivity contribution in [3.05, 3.63) is 0 Å². The molecule has 0 aliphatic carbocycles. The van der Waals surface area contributed by atoms with Crippen molar-refractivity contribution in [3.8, 4) is 0 Å². The van der Waals surface area contributed by atoms with Gasteiger partial charge in [0.05, 0.1) is 4.99 Å². The molecule has 2 nitrogen and oxygen atoms in total. The first kappa shape index (κ1) is 6.96. The van der Waals surface area contributed by atoms with Gasteiger partial charge >= 0.3 is 0 Å². The van der Waals surface area contributed by atoms with Crippen LogP contribution in [0.4, 0.5) is 0 Å². The number of nitrogens with zero attached hydrogens (tertiary/aromatic N) is 1. The monoisotopic (exact) mass is 144 g/mol. The van der Waals surface area contributed by atoms with Gasteiger partial charge in [0.15, 0.2) is 0 Å². The number of hydrazine groups is 1. The van der Waals surface area contributed by atoms with Gasteiger partial charge in [-0.25, -0.2) is 5.43 Å². The van der Waals surface area contributed by atoms with Gasteiger partial charge in [0.1, 0.15) is 0 Å². The van der Waals surface area contributed by atoms with Gasteiger partial charge in [0.25, 0.3) is 0 Å². The summed E-state index contributed by atoms with van der Waals surface area (Å²) in [4.78, 5) is 0.953. The maximum atomic E-state index is 4.98. The normalized spacial score (nSPS) is 19.9. The van der Waals surface area contributed by atoms with Gasteiger partial charge in [-0.3, -0.25) is 0 Å². The zero-order valence-corrected chi connectivity index (χ0v) is 6.50. The Hall–Kier alpha value is -0.150. The van der Waals surface area contributed by atoms with Crippen molar-refractivity contribution in [3.63, 3.8) is 0 Å². The van der Waals surface area contributed by atoms with Crippen molar-refractivity contribution in [2.45, 2.75) is 19.8 Å². The number of hydrogen-bond donors (Lipinski definition) is 1. The van der Waals surface area contributed by atoms with Crippen molar-refractivity contribution in [2.75, 3.05) is 13.1 Å². The molecule has 0 aromatic carbocycles. The van der Waals surface area contributed by atoms with Gasteiger partial charge in [-0.2, -0.15) is 0 Å². The van der Waals surface area contributed by atoms with E-state index in [0.29, 0.717) is 0 Å². The number of thiocarbonyl (C=S) groups is 1. The summed E-state index contributed by atoms with van der Waals surface area (Å²) in [6, 6.07) is 0. The average molecular weight is 144 g/mol. The Morgan fingerprint density at radius 2 is 2.33 bits per heavy atom. The maximum absolute atomic E-state index is 4.98. The van der Waals surface area contributed by atoms with E-state index in [9.17, 15) is 0 Å². The Bertz CT molecular complexity index is 108. The minimum atomic E-state index is 0.953. The molecule has 1 saturated heterocycles. The topological polar surface area (TPSA) is 15.3 Å². The highest BCUT2D eigenvalue weighted by Crippen LogP contribution is 1.99. The molecule has 0 saturated carbocycles. The zero-order valence-electron chi connectivity index (χ0n) is 5.68. The lowest BCUT2D eigenvalue weighted by Gasteiger charge is -2.28. The molecule has 0 aromatic heterocycles. The molecule has 0 unspecified atom stereocenters. The second kappa shape index (κ2) is 3.13. The largest absolute Gasteiger partial charge is 0.302 e. The SMILES string of the molecule is CC(=S)N1CCCCN1. The van der Waals surface area contributed by atoms with Crippen molar-refractivity contribution >= 4 is 17.2 Å². The molecule has 52 valence electrons. The van der Waals surface area contributed by atoms with Gasteiger partial charge in [0.2, 0.25) is 0 Å². The van der Waals surface area contributed by atoms with Gasteiger partial charge in [-0.1, -0.05) is 12.2 Å². The minimum Gasteiger partial charge on any atom is -0.302 e. The Kier molecular flexibility index (Phi) is 2.42. The second-order valence-corrected chi connectivity index (χ2v) is 2.88. The summed E-state index contributed by atoms with van der Waals surface area (Å²) in [5.41, 5.74) is 3.21. The molecular weight excluding hydrogens is 132 g/mol. The summed E-state index contributed by atoms with van der Waals surface area (Å²) >= 11 is 4.98. The minimum absolute atomic E-state index is 0.953. The lowest BCUT2D eigenvalue weighted by atomic mass is 10.3.